The first kappa shape index (κ1) is 18.4. The summed E-state index contributed by atoms with van der Waals surface area (Å²) in [6.45, 7) is 1.78. The number of hydrogen-bond donors (Lipinski definition) is 1. The van der Waals surface area contributed by atoms with Crippen LogP contribution in [0.5, 0.6) is 0 Å². The Morgan fingerprint density at radius 2 is 2.04 bits per heavy atom. The smallest absolute Gasteiger partial charge is 0.224 e. The normalized spacial score (nSPS) is 10.8. The minimum Gasteiger partial charge on any atom is -0.441 e. The lowest BCUT2D eigenvalue weighted by Gasteiger charge is -2.06. The summed E-state index contributed by atoms with van der Waals surface area (Å²) in [6, 6.07) is 9.69. The molecule has 1 N–H and O–H groups in total. The molecule has 0 fully saturated rings. The van der Waals surface area contributed by atoms with Crippen LogP contribution in [0.4, 0.5) is 10.1 Å². The summed E-state index contributed by atoms with van der Waals surface area (Å²) in [5.74, 6) is 0.100. The average molecular weight is 393 g/mol. The summed E-state index contributed by atoms with van der Waals surface area (Å²) in [6.07, 6.45) is 1.94. The van der Waals surface area contributed by atoms with Crippen LogP contribution in [0.1, 0.15) is 17.9 Å². The number of nitrogens with one attached hydrogen (secondary N) is 1. The molecule has 0 atom stereocenters. The number of benzene rings is 2. The first-order valence-corrected chi connectivity index (χ1v) is 8.64. The molecule has 0 bridgehead atoms. The molecule has 0 spiro atoms. The van der Waals surface area contributed by atoms with Crippen LogP contribution in [-0.2, 0) is 11.2 Å². The van der Waals surface area contributed by atoms with Gasteiger partial charge in [0.05, 0.1) is 16.9 Å². The maximum atomic E-state index is 13.8. The Bertz CT molecular complexity index is 956. The van der Waals surface area contributed by atoms with Gasteiger partial charge in [-0.15, -0.1) is 0 Å². The molecule has 0 aliphatic heterocycles. The molecule has 0 unspecified atom stereocenters. The summed E-state index contributed by atoms with van der Waals surface area (Å²) < 4.78 is 19.4. The lowest BCUT2D eigenvalue weighted by molar-refractivity contribution is -0.116. The highest BCUT2D eigenvalue weighted by Crippen LogP contribution is 2.30. The van der Waals surface area contributed by atoms with Crippen molar-refractivity contribution in [1.29, 1.82) is 0 Å². The summed E-state index contributed by atoms with van der Waals surface area (Å²) in [7, 11) is 0. The number of nitrogens with zero attached hydrogens (tertiary/aromatic N) is 1. The van der Waals surface area contributed by atoms with E-state index in [1.165, 1.54) is 12.1 Å². The number of rotatable bonds is 5. The van der Waals surface area contributed by atoms with Gasteiger partial charge in [0.25, 0.3) is 0 Å². The Morgan fingerprint density at radius 3 is 2.77 bits per heavy atom. The van der Waals surface area contributed by atoms with E-state index in [2.05, 4.69) is 10.3 Å². The van der Waals surface area contributed by atoms with Crippen LogP contribution in [0.15, 0.2) is 47.0 Å². The van der Waals surface area contributed by atoms with E-state index in [4.69, 9.17) is 27.6 Å². The summed E-state index contributed by atoms with van der Waals surface area (Å²) in [5.41, 5.74) is 1.61. The number of oxazole rings is 1. The van der Waals surface area contributed by atoms with Crippen LogP contribution in [0.25, 0.3) is 11.3 Å². The van der Waals surface area contributed by atoms with E-state index in [1.54, 1.807) is 37.4 Å². The molecule has 0 aliphatic rings. The first-order chi connectivity index (χ1) is 12.4. The van der Waals surface area contributed by atoms with E-state index in [1.807, 2.05) is 0 Å². The van der Waals surface area contributed by atoms with Gasteiger partial charge >= 0.3 is 0 Å². The quantitative estimate of drug-likeness (QED) is 0.608. The molecule has 1 aromatic heterocycles. The molecule has 1 amide bonds. The van der Waals surface area contributed by atoms with E-state index in [9.17, 15) is 9.18 Å². The van der Waals surface area contributed by atoms with Crippen molar-refractivity contribution in [1.82, 2.24) is 4.98 Å². The molecule has 4 nitrogen and oxygen atoms in total. The van der Waals surface area contributed by atoms with Crippen LogP contribution in [0, 0.1) is 12.7 Å². The van der Waals surface area contributed by atoms with Gasteiger partial charge < -0.3 is 9.73 Å². The number of hydrogen-bond acceptors (Lipinski definition) is 3. The third-order valence-corrected chi connectivity index (χ3v) is 4.26. The van der Waals surface area contributed by atoms with Gasteiger partial charge in [0.2, 0.25) is 5.91 Å². The largest absolute Gasteiger partial charge is 0.441 e. The van der Waals surface area contributed by atoms with Crippen LogP contribution in [0.3, 0.4) is 0 Å². The second-order valence-electron chi connectivity index (χ2n) is 5.77. The second kappa shape index (κ2) is 7.89. The number of anilines is 1. The van der Waals surface area contributed by atoms with Crippen molar-refractivity contribution < 1.29 is 13.6 Å². The number of carbonyl (C=O) groups excluding carboxylic acids is 1. The molecule has 26 heavy (non-hydrogen) atoms. The number of halogens is 3. The summed E-state index contributed by atoms with van der Waals surface area (Å²) in [4.78, 5) is 16.2. The number of carbonyl (C=O) groups is 1. The molecule has 7 heteroatoms. The van der Waals surface area contributed by atoms with Gasteiger partial charge in [0.15, 0.2) is 11.7 Å². The maximum Gasteiger partial charge on any atom is 0.224 e. The maximum absolute atomic E-state index is 13.8. The standard InChI is InChI=1S/C19H15Cl2FN2O2/c1-11-2-5-16(15(22)8-11)24-18(25)6-7-19-23-10-17(26-19)13-4-3-12(20)9-14(13)21/h2-5,8-10H,6-7H2,1H3,(H,24,25). The highest BCUT2D eigenvalue weighted by molar-refractivity contribution is 6.36. The van der Waals surface area contributed by atoms with Gasteiger partial charge in [-0.2, -0.15) is 0 Å². The monoisotopic (exact) mass is 392 g/mol. The zero-order valence-electron chi connectivity index (χ0n) is 13.9. The lowest BCUT2D eigenvalue weighted by Crippen LogP contribution is -2.13. The predicted octanol–water partition coefficient (Wildman–Crippen LogP) is 5.67. The Balaban J connectivity index is 1.61. The molecule has 3 rings (SSSR count). The minimum atomic E-state index is -0.464. The fourth-order valence-corrected chi connectivity index (χ4v) is 2.90. The van der Waals surface area contributed by atoms with Gasteiger partial charge in [-0.05, 0) is 42.8 Å². The van der Waals surface area contributed by atoms with Gasteiger partial charge in [0.1, 0.15) is 5.82 Å². The molecule has 2 aromatic carbocycles. The zero-order valence-corrected chi connectivity index (χ0v) is 15.4. The molecule has 1 heterocycles. The summed E-state index contributed by atoms with van der Waals surface area (Å²) >= 11 is 12.0. The van der Waals surface area contributed by atoms with Crippen LogP contribution < -0.4 is 5.32 Å². The average Bonchev–Trinajstić information content (AvgIpc) is 3.04. The highest BCUT2D eigenvalue weighted by Gasteiger charge is 2.13. The summed E-state index contributed by atoms with van der Waals surface area (Å²) in [5, 5.41) is 3.52. The Labute approximate surface area is 160 Å². The second-order valence-corrected chi connectivity index (χ2v) is 6.62. The number of amides is 1. The van der Waals surface area contributed by atoms with Gasteiger partial charge in [-0.1, -0.05) is 29.3 Å². The Kier molecular flexibility index (Phi) is 5.59. The van der Waals surface area contributed by atoms with E-state index in [-0.39, 0.29) is 24.4 Å². The Hall–Kier alpha value is -2.37. The molecule has 3 aromatic rings. The third kappa shape index (κ3) is 4.42. The van der Waals surface area contributed by atoms with E-state index in [0.29, 0.717) is 27.3 Å². The molecule has 0 saturated carbocycles. The molecule has 0 aliphatic carbocycles. The van der Waals surface area contributed by atoms with Gasteiger partial charge in [-0.3, -0.25) is 4.79 Å². The van der Waals surface area contributed by atoms with E-state index in [0.717, 1.165) is 5.56 Å². The van der Waals surface area contributed by atoms with Crippen LogP contribution in [-0.4, -0.2) is 10.9 Å². The van der Waals surface area contributed by atoms with Crippen molar-refractivity contribution in [3.05, 3.63) is 69.9 Å². The van der Waals surface area contributed by atoms with E-state index >= 15 is 0 Å². The fourth-order valence-electron chi connectivity index (χ4n) is 2.39. The van der Waals surface area contributed by atoms with Crippen molar-refractivity contribution in [2.45, 2.75) is 19.8 Å². The van der Waals surface area contributed by atoms with Crippen molar-refractivity contribution in [2.24, 2.45) is 0 Å². The van der Waals surface area contributed by atoms with Crippen molar-refractivity contribution in [3.8, 4) is 11.3 Å². The van der Waals surface area contributed by atoms with Crippen molar-refractivity contribution >= 4 is 34.8 Å². The molecule has 0 radical (unpaired) electrons. The fraction of sp³-hybridized carbons (Fsp3) is 0.158. The number of aryl methyl sites for hydroxylation is 2. The topological polar surface area (TPSA) is 55.1 Å². The van der Waals surface area contributed by atoms with Crippen molar-refractivity contribution in [2.75, 3.05) is 5.32 Å². The third-order valence-electron chi connectivity index (χ3n) is 3.71. The first-order valence-electron chi connectivity index (χ1n) is 7.88. The van der Waals surface area contributed by atoms with Crippen LogP contribution in [0.2, 0.25) is 10.0 Å². The zero-order chi connectivity index (χ0) is 18.7. The minimum absolute atomic E-state index is 0.113. The lowest BCUT2D eigenvalue weighted by atomic mass is 10.2. The van der Waals surface area contributed by atoms with E-state index < -0.39 is 5.82 Å². The van der Waals surface area contributed by atoms with Gasteiger partial charge in [0, 0.05) is 23.4 Å². The van der Waals surface area contributed by atoms with Gasteiger partial charge in [-0.25, -0.2) is 9.37 Å². The highest BCUT2D eigenvalue weighted by atomic mass is 35.5. The molecule has 134 valence electrons. The van der Waals surface area contributed by atoms with Crippen LogP contribution >= 0.6 is 23.2 Å². The SMILES string of the molecule is Cc1ccc(NC(=O)CCc2ncc(-c3ccc(Cl)cc3Cl)o2)c(F)c1. The molecular formula is C19H15Cl2FN2O2. The molecule has 0 saturated heterocycles. The molecular weight excluding hydrogens is 378 g/mol. The Morgan fingerprint density at radius 1 is 1.23 bits per heavy atom. The van der Waals surface area contributed by atoms with Crippen molar-refractivity contribution in [3.63, 3.8) is 0 Å². The number of aromatic nitrogens is 1. The predicted molar refractivity (Wildman–Crippen MR) is 100 cm³/mol.